The molecule has 16 heavy (non-hydrogen) atoms. The van der Waals surface area contributed by atoms with E-state index in [4.69, 9.17) is 0 Å². The van der Waals surface area contributed by atoms with Gasteiger partial charge in [0.25, 0.3) is 0 Å². The van der Waals surface area contributed by atoms with E-state index in [1.54, 1.807) is 19.3 Å². The maximum Gasteiger partial charge on any atom is -0.0352 e. The quantitative estimate of drug-likeness (QED) is 0.607. The molecule has 0 amide bonds. The van der Waals surface area contributed by atoms with E-state index in [1.165, 1.54) is 32.1 Å². The minimum atomic E-state index is 1.03. The monoisotopic (exact) mass is 222 g/mol. The molecule has 2 fully saturated rings. The maximum absolute atomic E-state index is 2.49. The molecule has 0 radical (unpaired) electrons. The van der Waals surface area contributed by atoms with Gasteiger partial charge in [0.2, 0.25) is 0 Å². The van der Waals surface area contributed by atoms with Crippen LogP contribution in [0.25, 0.3) is 0 Å². The summed E-state index contributed by atoms with van der Waals surface area (Å²) >= 11 is 0. The highest BCUT2D eigenvalue weighted by molar-refractivity contribution is 4.90. The van der Waals surface area contributed by atoms with Crippen molar-refractivity contribution in [2.45, 2.75) is 72.1 Å². The highest BCUT2D eigenvalue weighted by Gasteiger charge is 2.40. The van der Waals surface area contributed by atoms with Crippen LogP contribution in [0, 0.1) is 29.6 Å². The summed E-state index contributed by atoms with van der Waals surface area (Å²) in [5.74, 6) is 5.35. The summed E-state index contributed by atoms with van der Waals surface area (Å²) < 4.78 is 0. The largest absolute Gasteiger partial charge is 0.0651 e. The molecule has 0 spiro atoms. The fraction of sp³-hybridized carbons (Fsp3) is 1.00. The summed E-state index contributed by atoms with van der Waals surface area (Å²) in [6.45, 7) is 7.31. The van der Waals surface area contributed by atoms with E-state index in [9.17, 15) is 0 Å². The summed E-state index contributed by atoms with van der Waals surface area (Å²) in [5.41, 5.74) is 0. The molecule has 0 heteroatoms. The van der Waals surface area contributed by atoms with Gasteiger partial charge >= 0.3 is 0 Å². The SMILES string of the molecule is CCC(CC)C1CCCCC1C1CCC1C. The fourth-order valence-corrected chi connectivity index (χ4v) is 4.53. The molecule has 0 aromatic carbocycles. The average molecular weight is 222 g/mol. The van der Waals surface area contributed by atoms with Crippen molar-refractivity contribution in [3.05, 3.63) is 0 Å². The zero-order valence-corrected chi connectivity index (χ0v) is 11.5. The molecule has 0 aliphatic heterocycles. The van der Waals surface area contributed by atoms with E-state index < -0.39 is 0 Å². The Morgan fingerprint density at radius 3 is 2.06 bits per heavy atom. The molecule has 0 bridgehead atoms. The topological polar surface area (TPSA) is 0 Å². The number of hydrogen-bond acceptors (Lipinski definition) is 0. The second-order valence-electron chi connectivity index (χ2n) is 6.41. The Balaban J connectivity index is 2.01. The van der Waals surface area contributed by atoms with Gasteiger partial charge in [-0.15, -0.1) is 0 Å². The van der Waals surface area contributed by atoms with Crippen molar-refractivity contribution in [1.29, 1.82) is 0 Å². The molecule has 4 unspecified atom stereocenters. The summed E-state index contributed by atoms with van der Waals surface area (Å²) in [4.78, 5) is 0. The van der Waals surface area contributed by atoms with Gasteiger partial charge in [-0.2, -0.15) is 0 Å². The van der Waals surface area contributed by atoms with Gasteiger partial charge in [-0.3, -0.25) is 0 Å². The number of rotatable bonds is 4. The van der Waals surface area contributed by atoms with Gasteiger partial charge < -0.3 is 0 Å². The van der Waals surface area contributed by atoms with Crippen molar-refractivity contribution in [3.8, 4) is 0 Å². The predicted molar refractivity (Wildman–Crippen MR) is 71.4 cm³/mol. The molecule has 0 N–H and O–H groups in total. The van der Waals surface area contributed by atoms with Gasteiger partial charge in [0.15, 0.2) is 0 Å². The molecular weight excluding hydrogens is 192 g/mol. The Bertz CT molecular complexity index is 191. The Hall–Kier alpha value is 0. The number of hydrogen-bond donors (Lipinski definition) is 0. The first-order valence-electron chi connectivity index (χ1n) is 7.77. The van der Waals surface area contributed by atoms with E-state index in [-0.39, 0.29) is 0 Å². The van der Waals surface area contributed by atoms with Gasteiger partial charge in [0.1, 0.15) is 0 Å². The molecular formula is C16H30. The second-order valence-corrected chi connectivity index (χ2v) is 6.41. The van der Waals surface area contributed by atoms with E-state index >= 15 is 0 Å². The zero-order valence-electron chi connectivity index (χ0n) is 11.5. The third-order valence-corrected chi connectivity index (χ3v) is 5.77. The van der Waals surface area contributed by atoms with Crippen LogP contribution in [0.1, 0.15) is 72.1 Å². The lowest BCUT2D eigenvalue weighted by molar-refractivity contribution is 0.0229. The average Bonchev–Trinajstić information content (AvgIpc) is 2.31. The van der Waals surface area contributed by atoms with Crippen LogP contribution in [0.3, 0.4) is 0 Å². The maximum atomic E-state index is 2.49. The smallest absolute Gasteiger partial charge is 0.0352 e. The molecule has 0 heterocycles. The minimum absolute atomic E-state index is 1.03. The molecule has 2 aliphatic carbocycles. The molecule has 2 rings (SSSR count). The van der Waals surface area contributed by atoms with Gasteiger partial charge in [0.05, 0.1) is 0 Å². The van der Waals surface area contributed by atoms with E-state index in [0.717, 1.165) is 29.6 Å². The summed E-state index contributed by atoms with van der Waals surface area (Å²) in [6, 6.07) is 0. The van der Waals surface area contributed by atoms with Crippen LogP contribution in [0.4, 0.5) is 0 Å². The molecule has 94 valence electrons. The fourth-order valence-electron chi connectivity index (χ4n) is 4.53. The first-order valence-corrected chi connectivity index (χ1v) is 7.77. The lowest BCUT2D eigenvalue weighted by atomic mass is 9.58. The first-order chi connectivity index (χ1) is 7.77. The third-order valence-electron chi connectivity index (χ3n) is 5.77. The predicted octanol–water partition coefficient (Wildman–Crippen LogP) is 5.28. The molecule has 4 atom stereocenters. The van der Waals surface area contributed by atoms with Crippen molar-refractivity contribution in [2.75, 3.05) is 0 Å². The lowest BCUT2D eigenvalue weighted by Gasteiger charge is -2.48. The Labute approximate surface area is 102 Å². The van der Waals surface area contributed by atoms with Crippen molar-refractivity contribution in [2.24, 2.45) is 29.6 Å². The van der Waals surface area contributed by atoms with Gasteiger partial charge in [0, 0.05) is 0 Å². The minimum Gasteiger partial charge on any atom is -0.0651 e. The molecule has 0 aromatic rings. The lowest BCUT2D eigenvalue weighted by Crippen LogP contribution is -2.39. The standard InChI is InChI=1S/C16H30/c1-4-13(5-2)15-8-6-7-9-16(15)14-11-10-12(14)3/h12-16H,4-11H2,1-3H3. The second kappa shape index (κ2) is 5.56. The normalized spacial score (nSPS) is 39.8. The van der Waals surface area contributed by atoms with E-state index in [2.05, 4.69) is 20.8 Å². The first kappa shape index (κ1) is 12.5. The molecule has 0 nitrogen and oxygen atoms in total. The van der Waals surface area contributed by atoms with Gasteiger partial charge in [-0.1, -0.05) is 52.9 Å². The summed E-state index contributed by atoms with van der Waals surface area (Å²) in [5, 5.41) is 0. The molecule has 2 saturated carbocycles. The Morgan fingerprint density at radius 1 is 0.875 bits per heavy atom. The molecule has 0 saturated heterocycles. The summed E-state index contributed by atoms with van der Waals surface area (Å²) in [6.07, 6.45) is 12.0. The van der Waals surface area contributed by atoms with Crippen molar-refractivity contribution < 1.29 is 0 Å². The van der Waals surface area contributed by atoms with Gasteiger partial charge in [-0.25, -0.2) is 0 Å². The third kappa shape index (κ3) is 2.31. The highest BCUT2D eigenvalue weighted by Crippen LogP contribution is 2.50. The zero-order chi connectivity index (χ0) is 11.5. The van der Waals surface area contributed by atoms with Crippen molar-refractivity contribution >= 4 is 0 Å². The van der Waals surface area contributed by atoms with Crippen LogP contribution in [0.15, 0.2) is 0 Å². The van der Waals surface area contributed by atoms with E-state index in [1.807, 2.05) is 0 Å². The van der Waals surface area contributed by atoms with Crippen LogP contribution in [0.5, 0.6) is 0 Å². The van der Waals surface area contributed by atoms with Crippen molar-refractivity contribution in [1.82, 2.24) is 0 Å². The van der Waals surface area contributed by atoms with Crippen LogP contribution >= 0.6 is 0 Å². The van der Waals surface area contributed by atoms with Crippen LogP contribution in [-0.4, -0.2) is 0 Å². The molecule has 0 aromatic heterocycles. The molecule has 2 aliphatic rings. The Kier molecular flexibility index (Phi) is 4.33. The van der Waals surface area contributed by atoms with Crippen LogP contribution < -0.4 is 0 Å². The highest BCUT2D eigenvalue weighted by atomic mass is 14.5. The van der Waals surface area contributed by atoms with Crippen LogP contribution in [0.2, 0.25) is 0 Å². The summed E-state index contributed by atoms with van der Waals surface area (Å²) in [7, 11) is 0. The Morgan fingerprint density at radius 2 is 1.56 bits per heavy atom. The van der Waals surface area contributed by atoms with Gasteiger partial charge in [-0.05, 0) is 48.9 Å². The van der Waals surface area contributed by atoms with E-state index in [0.29, 0.717) is 0 Å². The van der Waals surface area contributed by atoms with Crippen LogP contribution in [-0.2, 0) is 0 Å². The van der Waals surface area contributed by atoms with Crippen molar-refractivity contribution in [3.63, 3.8) is 0 Å².